The number of hydrogen-bond acceptors (Lipinski definition) is 6. The van der Waals surface area contributed by atoms with Crippen LogP contribution in [0.5, 0.6) is 0 Å². The lowest BCUT2D eigenvalue weighted by Gasteiger charge is -2.13. The topological polar surface area (TPSA) is 113 Å². The zero-order valence-electron chi connectivity index (χ0n) is 9.65. The van der Waals surface area contributed by atoms with Gasteiger partial charge in [0.25, 0.3) is 0 Å². The summed E-state index contributed by atoms with van der Waals surface area (Å²) in [5, 5.41) is 18.8. The van der Waals surface area contributed by atoms with Crippen LogP contribution in [0.4, 0.5) is 0 Å². The number of nitrogens with zero attached hydrogens (tertiary/aromatic N) is 3. The molecule has 0 amide bonds. The van der Waals surface area contributed by atoms with E-state index in [1.54, 1.807) is 0 Å². The van der Waals surface area contributed by atoms with Crippen molar-refractivity contribution in [1.82, 2.24) is 19.5 Å². The highest BCUT2D eigenvalue weighted by atomic mass is 35.5. The van der Waals surface area contributed by atoms with Crippen molar-refractivity contribution in [3.8, 4) is 0 Å². The van der Waals surface area contributed by atoms with E-state index in [2.05, 4.69) is 15.0 Å². The van der Waals surface area contributed by atoms with Crippen molar-refractivity contribution in [3.05, 3.63) is 22.0 Å². The quantitative estimate of drug-likeness (QED) is 0.636. The number of aliphatic hydroxyl groups is 2. The largest absolute Gasteiger partial charge is 0.394 e. The average molecular weight is 287 g/mol. The van der Waals surface area contributed by atoms with Crippen molar-refractivity contribution in [2.24, 2.45) is 0 Å². The van der Waals surface area contributed by atoms with Gasteiger partial charge in [-0.25, -0.2) is 4.79 Å². The first-order valence-electron chi connectivity index (χ1n) is 5.67. The van der Waals surface area contributed by atoms with E-state index >= 15 is 0 Å². The Labute approximate surface area is 111 Å². The maximum atomic E-state index is 11.9. The summed E-state index contributed by atoms with van der Waals surface area (Å²) in [5.74, 6) is 0. The van der Waals surface area contributed by atoms with Crippen LogP contribution >= 0.6 is 11.6 Å². The number of ether oxygens (including phenoxy) is 1. The molecule has 0 aromatic carbocycles. The summed E-state index contributed by atoms with van der Waals surface area (Å²) < 4.78 is 6.65. The molecule has 2 aromatic heterocycles. The van der Waals surface area contributed by atoms with E-state index in [-0.39, 0.29) is 24.0 Å². The molecule has 0 aliphatic carbocycles. The average Bonchev–Trinajstić information content (AvgIpc) is 2.89. The fraction of sp³-hybridized carbons (Fsp3) is 0.500. The maximum Gasteiger partial charge on any atom is 0.351 e. The van der Waals surface area contributed by atoms with Crippen molar-refractivity contribution < 1.29 is 14.9 Å². The summed E-state index contributed by atoms with van der Waals surface area (Å²) in [5.41, 5.74) is 0.171. The third-order valence-corrected chi connectivity index (χ3v) is 3.25. The number of imidazole rings is 1. The smallest absolute Gasteiger partial charge is 0.351 e. The highest BCUT2D eigenvalue weighted by Crippen LogP contribution is 2.27. The minimum atomic E-state index is -0.817. The van der Waals surface area contributed by atoms with Gasteiger partial charge in [-0.15, -0.1) is 0 Å². The normalized spacial score (nSPS) is 27.2. The predicted molar refractivity (Wildman–Crippen MR) is 64.8 cm³/mol. The number of halogens is 1. The van der Waals surface area contributed by atoms with Crippen molar-refractivity contribution >= 4 is 22.8 Å². The van der Waals surface area contributed by atoms with Crippen LogP contribution in [-0.4, -0.2) is 48.5 Å². The predicted octanol–water partition coefficient (Wildman–Crippen LogP) is -0.586. The molecule has 1 fully saturated rings. The molecule has 0 spiro atoms. The molecule has 9 heteroatoms. The molecule has 3 rings (SSSR count). The monoisotopic (exact) mass is 286 g/mol. The summed E-state index contributed by atoms with van der Waals surface area (Å²) in [6.45, 7) is -0.308. The molecule has 102 valence electrons. The van der Waals surface area contributed by atoms with Crippen LogP contribution in [0.1, 0.15) is 12.6 Å². The summed E-state index contributed by atoms with van der Waals surface area (Å²) in [4.78, 5) is 22.2. The van der Waals surface area contributed by atoms with E-state index in [1.807, 2.05) is 0 Å². The number of aromatic amines is 1. The van der Waals surface area contributed by atoms with Crippen LogP contribution in [0.15, 0.2) is 11.0 Å². The van der Waals surface area contributed by atoms with Gasteiger partial charge in [-0.05, 0) is 11.6 Å². The Morgan fingerprint density at radius 3 is 3.05 bits per heavy atom. The van der Waals surface area contributed by atoms with Gasteiger partial charge < -0.3 is 19.9 Å². The first-order valence-corrected chi connectivity index (χ1v) is 6.05. The summed E-state index contributed by atoms with van der Waals surface area (Å²) in [6, 6.07) is 0. The lowest BCUT2D eigenvalue weighted by molar-refractivity contribution is -0.0457. The summed E-state index contributed by atoms with van der Waals surface area (Å²) in [7, 11) is 0. The van der Waals surface area contributed by atoms with E-state index in [4.69, 9.17) is 21.4 Å². The van der Waals surface area contributed by atoms with Gasteiger partial charge in [-0.2, -0.15) is 9.97 Å². The second kappa shape index (κ2) is 4.57. The van der Waals surface area contributed by atoms with Crippen molar-refractivity contribution in [3.63, 3.8) is 0 Å². The number of fused-ring (bicyclic) bond motifs is 1. The minimum Gasteiger partial charge on any atom is -0.394 e. The zero-order chi connectivity index (χ0) is 13.6. The molecule has 3 N–H and O–H groups in total. The van der Waals surface area contributed by atoms with Gasteiger partial charge in [0.1, 0.15) is 17.8 Å². The van der Waals surface area contributed by atoms with Gasteiger partial charge in [-0.1, -0.05) is 0 Å². The lowest BCUT2D eigenvalue weighted by Crippen LogP contribution is -2.27. The van der Waals surface area contributed by atoms with Crippen molar-refractivity contribution in [2.45, 2.75) is 24.9 Å². The number of H-pyrrole nitrogens is 1. The van der Waals surface area contributed by atoms with E-state index in [0.717, 1.165) is 0 Å². The molecule has 1 saturated heterocycles. The fourth-order valence-electron chi connectivity index (χ4n) is 2.12. The van der Waals surface area contributed by atoms with Crippen LogP contribution in [0.3, 0.4) is 0 Å². The molecule has 3 atom stereocenters. The Morgan fingerprint density at radius 2 is 2.37 bits per heavy atom. The molecule has 0 radical (unpaired) electrons. The Balaban J connectivity index is 2.01. The molecule has 1 aliphatic rings. The second-order valence-corrected chi connectivity index (χ2v) is 4.67. The zero-order valence-corrected chi connectivity index (χ0v) is 10.4. The van der Waals surface area contributed by atoms with Crippen LogP contribution in [-0.2, 0) is 4.74 Å². The van der Waals surface area contributed by atoms with Crippen molar-refractivity contribution in [1.29, 1.82) is 0 Å². The third kappa shape index (κ3) is 2.12. The molecular weight excluding hydrogens is 276 g/mol. The Kier molecular flexibility index (Phi) is 3.02. The molecule has 0 bridgehead atoms. The number of aliphatic hydroxyl groups excluding tert-OH is 2. The highest BCUT2D eigenvalue weighted by Gasteiger charge is 2.35. The molecule has 1 unspecified atom stereocenters. The van der Waals surface area contributed by atoms with Crippen LogP contribution in [0.2, 0.25) is 5.28 Å². The molecule has 8 nitrogen and oxygen atoms in total. The van der Waals surface area contributed by atoms with Gasteiger partial charge in [0.2, 0.25) is 5.28 Å². The van der Waals surface area contributed by atoms with Crippen molar-refractivity contribution in [2.75, 3.05) is 6.61 Å². The van der Waals surface area contributed by atoms with Gasteiger partial charge >= 0.3 is 5.69 Å². The third-order valence-electron chi connectivity index (χ3n) is 3.07. The molecule has 1 aliphatic heterocycles. The first-order chi connectivity index (χ1) is 9.08. The van der Waals surface area contributed by atoms with E-state index < -0.39 is 24.1 Å². The van der Waals surface area contributed by atoms with Gasteiger partial charge in [-0.3, -0.25) is 4.57 Å². The summed E-state index contributed by atoms with van der Waals surface area (Å²) in [6.07, 6.45) is -0.486. The highest BCUT2D eigenvalue weighted by molar-refractivity contribution is 6.28. The van der Waals surface area contributed by atoms with E-state index in [0.29, 0.717) is 5.52 Å². The standard InChI is InChI=1S/C10H11ClN4O4/c11-9-12-4-2-15(10(18)14-8(4)13-9)7-1-5(17)6(3-16)19-7/h2,5-7,16-17H,1,3H2,(H,12,13,14,18)/t5-,6+,7?/m0/s1. The van der Waals surface area contributed by atoms with E-state index in [9.17, 15) is 9.90 Å². The fourth-order valence-corrected chi connectivity index (χ4v) is 2.30. The number of nitrogens with one attached hydrogen (secondary N) is 1. The van der Waals surface area contributed by atoms with Crippen LogP contribution < -0.4 is 5.69 Å². The maximum absolute atomic E-state index is 11.9. The lowest BCUT2D eigenvalue weighted by atomic mass is 10.2. The minimum absolute atomic E-state index is 0.139. The number of hydrogen-bond donors (Lipinski definition) is 3. The van der Waals surface area contributed by atoms with Gasteiger partial charge in [0, 0.05) is 12.6 Å². The molecule has 3 heterocycles. The molecular formula is C10H11ClN4O4. The Bertz CT molecular complexity index is 669. The number of rotatable bonds is 2. The first kappa shape index (κ1) is 12.5. The van der Waals surface area contributed by atoms with Gasteiger partial charge in [0.15, 0.2) is 5.65 Å². The van der Waals surface area contributed by atoms with Crippen LogP contribution in [0.25, 0.3) is 11.2 Å². The van der Waals surface area contributed by atoms with E-state index in [1.165, 1.54) is 10.8 Å². The SMILES string of the molecule is O=c1nc2nc(Cl)[nH]c2cn1C1C[C@H](O)[C@@H](CO)O1. The Hall–Kier alpha value is -1.48. The molecule has 0 saturated carbocycles. The Morgan fingerprint density at radius 1 is 1.58 bits per heavy atom. The number of aromatic nitrogens is 4. The second-order valence-electron chi connectivity index (χ2n) is 4.31. The molecule has 2 aromatic rings. The summed E-state index contributed by atoms with van der Waals surface area (Å²) >= 11 is 5.69. The molecule has 19 heavy (non-hydrogen) atoms. The van der Waals surface area contributed by atoms with Crippen LogP contribution in [0, 0.1) is 0 Å². The van der Waals surface area contributed by atoms with Gasteiger partial charge in [0.05, 0.1) is 12.7 Å².